The van der Waals surface area contributed by atoms with Crippen molar-refractivity contribution in [3.63, 3.8) is 0 Å². The van der Waals surface area contributed by atoms with E-state index in [-0.39, 0.29) is 41.9 Å². The summed E-state index contributed by atoms with van der Waals surface area (Å²) in [6, 6.07) is 1.66. The SMILES string of the molecule is CN(C)c1cc(CS(C)=O)c(O)c2c1C[C@H]1C[C@H]3CC(=O)C(C(N)=O)C(=O)[C@@]3(O)C(=O)C1C2=O. The number of benzene rings is 1. The van der Waals surface area contributed by atoms with Gasteiger partial charge in [-0.25, -0.2) is 0 Å². The van der Waals surface area contributed by atoms with Gasteiger partial charge < -0.3 is 20.8 Å². The Labute approximate surface area is 197 Å². The molecule has 2 saturated carbocycles. The lowest BCUT2D eigenvalue weighted by Crippen LogP contribution is -2.68. The molecule has 1 aromatic carbocycles. The molecule has 1 amide bonds. The van der Waals surface area contributed by atoms with Gasteiger partial charge in [0.1, 0.15) is 5.75 Å². The van der Waals surface area contributed by atoms with Gasteiger partial charge in [-0.1, -0.05) is 0 Å². The number of Topliss-reactive ketones (excluding diaryl/α,β-unsaturated/α-hetero) is 4. The Hall–Kier alpha value is -2.92. The number of primary amides is 1. The molecule has 3 unspecified atom stereocenters. The Bertz CT molecular complexity index is 1190. The Morgan fingerprint density at radius 3 is 2.41 bits per heavy atom. The minimum Gasteiger partial charge on any atom is -0.507 e. The number of phenols is 1. The highest BCUT2D eigenvalue weighted by atomic mass is 32.2. The van der Waals surface area contributed by atoms with Crippen LogP contribution in [0.15, 0.2) is 6.07 Å². The summed E-state index contributed by atoms with van der Waals surface area (Å²) in [6.45, 7) is 0. The maximum atomic E-state index is 13.6. The fourth-order valence-corrected chi connectivity index (χ4v) is 6.46. The largest absolute Gasteiger partial charge is 0.507 e. The number of hydrogen-bond acceptors (Lipinski definition) is 9. The molecule has 182 valence electrons. The molecule has 0 heterocycles. The van der Waals surface area contributed by atoms with Crippen LogP contribution in [-0.4, -0.2) is 69.4 Å². The van der Waals surface area contributed by atoms with Gasteiger partial charge in [0.15, 0.2) is 34.7 Å². The van der Waals surface area contributed by atoms with E-state index >= 15 is 0 Å². The van der Waals surface area contributed by atoms with Crippen LogP contribution in [0.2, 0.25) is 0 Å². The molecule has 1 aromatic rings. The lowest BCUT2D eigenvalue weighted by molar-refractivity contribution is -0.175. The molecule has 0 aromatic heterocycles. The van der Waals surface area contributed by atoms with Gasteiger partial charge in [-0.3, -0.25) is 28.2 Å². The zero-order valence-corrected chi connectivity index (χ0v) is 19.8. The number of hydrogen-bond donors (Lipinski definition) is 3. The number of nitrogens with two attached hydrogens (primary N) is 1. The second-order valence-electron chi connectivity index (χ2n) is 9.61. The summed E-state index contributed by atoms with van der Waals surface area (Å²) in [4.78, 5) is 66.0. The predicted octanol–water partition coefficient (Wildman–Crippen LogP) is -0.729. The normalized spacial score (nSPS) is 31.4. The highest BCUT2D eigenvalue weighted by molar-refractivity contribution is 7.83. The van der Waals surface area contributed by atoms with Crippen LogP contribution in [0.3, 0.4) is 0 Å². The first-order chi connectivity index (χ1) is 15.8. The number of ketones is 4. The van der Waals surface area contributed by atoms with Gasteiger partial charge in [-0.2, -0.15) is 0 Å². The average Bonchev–Trinajstić information content (AvgIpc) is 2.71. The number of amides is 1. The summed E-state index contributed by atoms with van der Waals surface area (Å²) in [7, 11) is 2.18. The monoisotopic (exact) mass is 490 g/mol. The van der Waals surface area contributed by atoms with Gasteiger partial charge in [-0.15, -0.1) is 0 Å². The molecule has 0 aliphatic heterocycles. The molecule has 0 radical (unpaired) electrons. The van der Waals surface area contributed by atoms with E-state index in [0.29, 0.717) is 11.3 Å². The minimum atomic E-state index is -2.68. The number of phenolic OH excluding ortho intramolecular Hbond substituents is 1. The van der Waals surface area contributed by atoms with Crippen molar-refractivity contribution in [2.45, 2.75) is 30.6 Å². The molecular formula is C23H26N2O8S. The third-order valence-electron chi connectivity index (χ3n) is 7.30. The molecule has 4 rings (SSSR count). The molecule has 6 atom stereocenters. The van der Waals surface area contributed by atoms with Crippen LogP contribution in [-0.2, 0) is 42.2 Å². The van der Waals surface area contributed by atoms with Gasteiger partial charge >= 0.3 is 0 Å². The maximum Gasteiger partial charge on any atom is 0.235 e. The topological polar surface area (TPSA) is 172 Å². The van der Waals surface area contributed by atoms with Gasteiger partial charge in [-0.05, 0) is 30.4 Å². The smallest absolute Gasteiger partial charge is 0.235 e. The van der Waals surface area contributed by atoms with Crippen molar-refractivity contribution in [3.05, 3.63) is 22.8 Å². The van der Waals surface area contributed by atoms with E-state index in [9.17, 15) is 38.4 Å². The van der Waals surface area contributed by atoms with Crippen LogP contribution in [0.5, 0.6) is 5.75 Å². The fourth-order valence-electron chi connectivity index (χ4n) is 5.80. The van der Waals surface area contributed by atoms with E-state index in [4.69, 9.17) is 5.73 Å². The van der Waals surface area contributed by atoms with Crippen molar-refractivity contribution in [1.82, 2.24) is 0 Å². The zero-order chi connectivity index (χ0) is 25.3. The molecule has 2 fully saturated rings. The van der Waals surface area contributed by atoms with Crippen molar-refractivity contribution in [1.29, 1.82) is 0 Å². The number of anilines is 1. The molecule has 0 saturated heterocycles. The van der Waals surface area contributed by atoms with E-state index in [0.717, 1.165) is 0 Å². The second kappa shape index (κ2) is 8.09. The van der Waals surface area contributed by atoms with E-state index in [2.05, 4.69) is 0 Å². The molecular weight excluding hydrogens is 464 g/mol. The van der Waals surface area contributed by atoms with Crippen molar-refractivity contribution >= 4 is 45.5 Å². The van der Waals surface area contributed by atoms with Crippen molar-refractivity contribution < 1.29 is 38.4 Å². The number of fused-ring (bicyclic) bond motifs is 3. The number of carbonyl (C=O) groups excluding carboxylic acids is 5. The lowest BCUT2D eigenvalue weighted by Gasteiger charge is -2.48. The Kier molecular flexibility index (Phi) is 5.76. The van der Waals surface area contributed by atoms with Crippen LogP contribution in [0.1, 0.15) is 34.3 Å². The van der Waals surface area contributed by atoms with Gasteiger partial charge in [0.25, 0.3) is 0 Å². The number of aliphatic hydroxyl groups is 1. The van der Waals surface area contributed by atoms with Crippen molar-refractivity contribution in [2.75, 3.05) is 25.3 Å². The molecule has 34 heavy (non-hydrogen) atoms. The molecule has 0 bridgehead atoms. The average molecular weight is 491 g/mol. The molecule has 10 nitrogen and oxygen atoms in total. The Balaban J connectivity index is 1.85. The Morgan fingerprint density at radius 2 is 1.85 bits per heavy atom. The summed E-state index contributed by atoms with van der Waals surface area (Å²) in [5.41, 5.74) is 3.84. The van der Waals surface area contributed by atoms with E-state index in [1.165, 1.54) is 6.26 Å². The second-order valence-corrected chi connectivity index (χ2v) is 11.0. The summed E-state index contributed by atoms with van der Waals surface area (Å²) < 4.78 is 11.8. The van der Waals surface area contributed by atoms with Crippen LogP contribution in [0, 0.1) is 23.7 Å². The van der Waals surface area contributed by atoms with E-state index in [1.807, 2.05) is 0 Å². The number of nitrogens with zero attached hydrogens (tertiary/aromatic N) is 1. The lowest BCUT2D eigenvalue weighted by atomic mass is 9.53. The number of rotatable bonds is 4. The first-order valence-corrected chi connectivity index (χ1v) is 12.6. The van der Waals surface area contributed by atoms with Crippen LogP contribution in [0.4, 0.5) is 5.69 Å². The number of carbonyl (C=O) groups is 5. The maximum absolute atomic E-state index is 13.6. The van der Waals surface area contributed by atoms with Crippen LogP contribution in [0.25, 0.3) is 0 Å². The standard InChI is InChI=1S/C23H26N2O8S/c1-25(2)13-6-10(8-34(3)33)18(27)16-12(13)5-9-4-11-7-14(26)17(22(24)31)21(30)23(11,32)20(29)15(9)19(16)28/h6,9,11,15,17,27,32H,4-5,7-8H2,1-3H3,(H2,24,31)/t9-,11+,15?,17?,23+,34?/m1/s1. The van der Waals surface area contributed by atoms with Gasteiger partial charge in [0.05, 0.1) is 17.2 Å². The fraction of sp³-hybridized carbons (Fsp3) is 0.522. The molecule has 3 aliphatic rings. The first-order valence-electron chi connectivity index (χ1n) is 10.8. The van der Waals surface area contributed by atoms with Gasteiger partial charge in [0, 0.05) is 54.7 Å². The molecule has 11 heteroatoms. The van der Waals surface area contributed by atoms with Crippen LogP contribution >= 0.6 is 0 Å². The summed E-state index contributed by atoms with van der Waals surface area (Å²) >= 11 is 0. The summed E-state index contributed by atoms with van der Waals surface area (Å²) in [6.07, 6.45) is 1.31. The van der Waals surface area contributed by atoms with Crippen molar-refractivity contribution in [2.24, 2.45) is 29.4 Å². The third kappa shape index (κ3) is 3.32. The predicted molar refractivity (Wildman–Crippen MR) is 121 cm³/mol. The van der Waals surface area contributed by atoms with Crippen molar-refractivity contribution in [3.8, 4) is 5.75 Å². The van der Waals surface area contributed by atoms with E-state index in [1.54, 1.807) is 25.1 Å². The molecule has 0 spiro atoms. The van der Waals surface area contributed by atoms with Crippen LogP contribution < -0.4 is 10.6 Å². The first kappa shape index (κ1) is 24.2. The quantitative estimate of drug-likeness (QED) is 0.460. The zero-order valence-electron chi connectivity index (χ0n) is 19.0. The highest BCUT2D eigenvalue weighted by Crippen LogP contribution is 2.51. The highest BCUT2D eigenvalue weighted by Gasteiger charge is 2.66. The third-order valence-corrected chi connectivity index (χ3v) is 8.02. The van der Waals surface area contributed by atoms with E-state index < -0.39 is 69.1 Å². The molecule has 4 N–H and O–H groups in total. The summed E-state index contributed by atoms with van der Waals surface area (Å²) in [5.74, 6) is -10.5. The minimum absolute atomic E-state index is 0.0117. The number of aromatic hydroxyl groups is 1. The molecule has 3 aliphatic carbocycles. The summed E-state index contributed by atoms with van der Waals surface area (Å²) in [5, 5.41) is 22.1. The van der Waals surface area contributed by atoms with Gasteiger partial charge in [0.2, 0.25) is 5.91 Å². The Morgan fingerprint density at radius 1 is 1.21 bits per heavy atom.